The molecule has 10 heteroatoms. The number of nitrogens with one attached hydrogen (secondary N) is 4. The number of hydrogen-bond donors (Lipinski definition) is 4. The van der Waals surface area contributed by atoms with Gasteiger partial charge in [-0.15, -0.1) is 0 Å². The minimum absolute atomic E-state index is 0.203. The van der Waals surface area contributed by atoms with Crippen LogP contribution in [0.3, 0.4) is 0 Å². The van der Waals surface area contributed by atoms with Crippen LogP contribution in [0.2, 0.25) is 0 Å². The number of H-pyrrole nitrogens is 1. The lowest BCUT2D eigenvalue weighted by molar-refractivity contribution is -0.136. The van der Waals surface area contributed by atoms with E-state index < -0.39 is 42.5 Å². The molecule has 0 fully saturated rings. The lowest BCUT2D eigenvalue weighted by atomic mass is 10.0. The first-order valence-corrected chi connectivity index (χ1v) is 12.1. The molecule has 0 radical (unpaired) electrons. The van der Waals surface area contributed by atoms with Crippen LogP contribution in [0.1, 0.15) is 25.1 Å². The molecule has 1 heterocycles. The number of halogens is 3. The minimum Gasteiger partial charge on any atom is -0.497 e. The molecule has 7 nitrogen and oxygen atoms in total. The van der Waals surface area contributed by atoms with Crippen LogP contribution in [-0.2, 0) is 22.4 Å². The van der Waals surface area contributed by atoms with Crippen molar-refractivity contribution in [2.24, 2.45) is 5.92 Å². The van der Waals surface area contributed by atoms with Gasteiger partial charge in [-0.1, -0.05) is 44.2 Å². The van der Waals surface area contributed by atoms with Gasteiger partial charge in [0.1, 0.15) is 11.8 Å². The predicted molar refractivity (Wildman–Crippen MR) is 136 cm³/mol. The van der Waals surface area contributed by atoms with E-state index in [9.17, 15) is 22.8 Å². The molecule has 0 aliphatic heterocycles. The van der Waals surface area contributed by atoms with Gasteiger partial charge in [0.05, 0.1) is 19.7 Å². The molecule has 2 amide bonds. The molecule has 0 spiro atoms. The minimum atomic E-state index is -4.46. The van der Waals surface area contributed by atoms with Crippen molar-refractivity contribution in [3.05, 3.63) is 65.9 Å². The van der Waals surface area contributed by atoms with Crippen LogP contribution in [0.25, 0.3) is 10.9 Å². The SMILES string of the molecule is COc1ccc2[nH]c(CCNC(=O)C(Cc3ccccc3)NC(=O)C(NCC(F)(F)F)C(C)C)cc2c1. The van der Waals surface area contributed by atoms with Crippen LogP contribution < -0.4 is 20.7 Å². The highest BCUT2D eigenvalue weighted by atomic mass is 19.4. The summed E-state index contributed by atoms with van der Waals surface area (Å²) < 4.78 is 43.5. The fourth-order valence-corrected chi connectivity index (χ4v) is 4.05. The van der Waals surface area contributed by atoms with E-state index >= 15 is 0 Å². The number of amides is 2. The molecule has 3 rings (SSSR count). The van der Waals surface area contributed by atoms with Crippen molar-refractivity contribution in [2.45, 2.75) is 44.9 Å². The van der Waals surface area contributed by atoms with Crippen LogP contribution in [0.5, 0.6) is 5.75 Å². The van der Waals surface area contributed by atoms with Gasteiger partial charge < -0.3 is 20.4 Å². The van der Waals surface area contributed by atoms with Crippen molar-refractivity contribution < 1.29 is 27.5 Å². The van der Waals surface area contributed by atoms with E-state index in [1.54, 1.807) is 21.0 Å². The first-order valence-electron chi connectivity index (χ1n) is 12.1. The van der Waals surface area contributed by atoms with Gasteiger partial charge >= 0.3 is 6.18 Å². The first-order chi connectivity index (χ1) is 17.6. The number of aromatic amines is 1. The zero-order chi connectivity index (χ0) is 27.0. The number of fused-ring (bicyclic) bond motifs is 1. The molecule has 37 heavy (non-hydrogen) atoms. The van der Waals surface area contributed by atoms with Crippen molar-refractivity contribution >= 4 is 22.7 Å². The van der Waals surface area contributed by atoms with Crippen LogP contribution in [0, 0.1) is 5.92 Å². The number of rotatable bonds is 12. The maximum Gasteiger partial charge on any atom is 0.401 e. The number of benzene rings is 2. The second-order valence-corrected chi connectivity index (χ2v) is 9.26. The molecule has 0 saturated carbocycles. The van der Waals surface area contributed by atoms with Crippen molar-refractivity contribution in [2.75, 3.05) is 20.2 Å². The Morgan fingerprint density at radius 2 is 1.76 bits per heavy atom. The Hall–Kier alpha value is -3.53. The molecule has 1 aromatic heterocycles. The fourth-order valence-electron chi connectivity index (χ4n) is 4.05. The van der Waals surface area contributed by atoms with E-state index in [4.69, 9.17) is 4.74 Å². The molecular weight excluding hydrogens is 485 g/mol. The van der Waals surface area contributed by atoms with Crippen molar-refractivity contribution in [1.29, 1.82) is 0 Å². The Morgan fingerprint density at radius 3 is 2.41 bits per heavy atom. The quantitative estimate of drug-likeness (QED) is 0.294. The summed E-state index contributed by atoms with van der Waals surface area (Å²) in [5, 5.41) is 8.77. The molecule has 2 atom stereocenters. The molecule has 0 bridgehead atoms. The van der Waals surface area contributed by atoms with Crippen LogP contribution in [0.15, 0.2) is 54.6 Å². The van der Waals surface area contributed by atoms with Gasteiger partial charge in [0.2, 0.25) is 11.8 Å². The van der Waals surface area contributed by atoms with Crippen molar-refractivity contribution in [3.63, 3.8) is 0 Å². The summed E-state index contributed by atoms with van der Waals surface area (Å²) in [4.78, 5) is 29.3. The molecule has 4 N–H and O–H groups in total. The molecule has 0 saturated heterocycles. The summed E-state index contributed by atoms with van der Waals surface area (Å²) in [5.74, 6) is -0.730. The van der Waals surface area contributed by atoms with Gasteiger partial charge in [-0.2, -0.15) is 13.2 Å². The van der Waals surface area contributed by atoms with Gasteiger partial charge in [-0.3, -0.25) is 14.9 Å². The summed E-state index contributed by atoms with van der Waals surface area (Å²) in [7, 11) is 1.60. The first kappa shape index (κ1) is 28.0. The van der Waals surface area contributed by atoms with Crippen LogP contribution >= 0.6 is 0 Å². The third-order valence-corrected chi connectivity index (χ3v) is 5.96. The highest BCUT2D eigenvalue weighted by Crippen LogP contribution is 2.21. The lowest BCUT2D eigenvalue weighted by Crippen LogP contribution is -2.56. The Labute approximate surface area is 214 Å². The van der Waals surface area contributed by atoms with E-state index in [1.165, 1.54) is 0 Å². The van der Waals surface area contributed by atoms with E-state index in [2.05, 4.69) is 20.9 Å². The average Bonchev–Trinajstić information content (AvgIpc) is 3.25. The normalized spacial score (nSPS) is 13.4. The summed E-state index contributed by atoms with van der Waals surface area (Å²) in [6.45, 7) is 2.31. The molecule has 0 aliphatic carbocycles. The van der Waals surface area contributed by atoms with E-state index in [0.717, 1.165) is 27.9 Å². The number of ether oxygens (including phenoxy) is 1. The van der Waals surface area contributed by atoms with Crippen LogP contribution in [0.4, 0.5) is 13.2 Å². The second-order valence-electron chi connectivity index (χ2n) is 9.26. The van der Waals surface area contributed by atoms with E-state index in [1.807, 2.05) is 54.6 Å². The maximum absolute atomic E-state index is 13.1. The molecular formula is C27H33F3N4O3. The van der Waals surface area contributed by atoms with Gasteiger partial charge in [0.25, 0.3) is 0 Å². The highest BCUT2D eigenvalue weighted by Gasteiger charge is 2.33. The molecule has 2 aromatic carbocycles. The summed E-state index contributed by atoms with van der Waals surface area (Å²) in [5.41, 5.74) is 2.68. The monoisotopic (exact) mass is 518 g/mol. The van der Waals surface area contributed by atoms with Crippen molar-refractivity contribution in [3.8, 4) is 5.75 Å². The fraction of sp³-hybridized carbons (Fsp3) is 0.407. The highest BCUT2D eigenvalue weighted by molar-refractivity contribution is 5.90. The Balaban J connectivity index is 1.66. The third-order valence-electron chi connectivity index (χ3n) is 5.96. The van der Waals surface area contributed by atoms with E-state index in [0.29, 0.717) is 13.0 Å². The topological polar surface area (TPSA) is 95.2 Å². The number of aromatic nitrogens is 1. The zero-order valence-corrected chi connectivity index (χ0v) is 21.1. The number of methoxy groups -OCH3 is 1. The van der Waals surface area contributed by atoms with Gasteiger partial charge in [0.15, 0.2) is 0 Å². The van der Waals surface area contributed by atoms with Gasteiger partial charge in [-0.25, -0.2) is 0 Å². The summed E-state index contributed by atoms with van der Waals surface area (Å²) >= 11 is 0. The molecule has 0 aliphatic rings. The molecule has 2 unspecified atom stereocenters. The number of alkyl halides is 3. The number of hydrogen-bond acceptors (Lipinski definition) is 4. The summed E-state index contributed by atoms with van der Waals surface area (Å²) in [6, 6.07) is 14.7. The maximum atomic E-state index is 13.1. The molecule has 200 valence electrons. The van der Waals surface area contributed by atoms with Crippen LogP contribution in [-0.4, -0.2) is 55.3 Å². The van der Waals surface area contributed by atoms with E-state index in [-0.39, 0.29) is 6.42 Å². The smallest absolute Gasteiger partial charge is 0.401 e. The number of carbonyl (C=O) groups is 2. The van der Waals surface area contributed by atoms with Gasteiger partial charge in [-0.05, 0) is 35.7 Å². The average molecular weight is 519 g/mol. The lowest BCUT2D eigenvalue weighted by Gasteiger charge is -2.26. The third kappa shape index (κ3) is 8.52. The number of carbonyl (C=O) groups excluding carboxylic acids is 2. The largest absolute Gasteiger partial charge is 0.497 e. The zero-order valence-electron chi connectivity index (χ0n) is 21.1. The molecule has 3 aromatic rings. The second kappa shape index (κ2) is 12.6. The van der Waals surface area contributed by atoms with Crippen molar-refractivity contribution in [1.82, 2.24) is 20.9 Å². The Morgan fingerprint density at radius 1 is 1.03 bits per heavy atom. The Kier molecular flexibility index (Phi) is 9.57. The predicted octanol–water partition coefficient (Wildman–Crippen LogP) is 3.74. The summed E-state index contributed by atoms with van der Waals surface area (Å²) in [6.07, 6.45) is -3.73. The Bertz CT molecular complexity index is 1180. The standard InChI is InChI=1S/C27H33F3N4O3/c1-17(2)24(32-16-27(28,29)30)26(36)34-23(13-18-7-5-4-6-8-18)25(35)31-12-11-20-14-19-15-21(37-3)9-10-22(19)33-20/h4-10,14-15,17,23-24,32-33H,11-13,16H2,1-3H3,(H,31,35)(H,34,36). The van der Waals surface area contributed by atoms with Gasteiger partial charge in [0, 0.05) is 36.0 Å².